The number of rotatable bonds is 6. The third-order valence-electron chi connectivity index (χ3n) is 4.02. The van der Waals surface area contributed by atoms with Gasteiger partial charge in [-0.3, -0.25) is 14.3 Å². The Morgan fingerprint density at radius 2 is 2.24 bits per heavy atom. The van der Waals surface area contributed by atoms with E-state index in [0.29, 0.717) is 31.7 Å². The fraction of sp³-hybridized carbons (Fsp3) is 0.667. The van der Waals surface area contributed by atoms with Gasteiger partial charge < -0.3 is 10.0 Å². The summed E-state index contributed by atoms with van der Waals surface area (Å²) < 4.78 is 1.74. The van der Waals surface area contributed by atoms with Gasteiger partial charge in [0.25, 0.3) is 0 Å². The van der Waals surface area contributed by atoms with Gasteiger partial charge >= 0.3 is 5.97 Å². The van der Waals surface area contributed by atoms with E-state index in [1.807, 2.05) is 18.1 Å². The van der Waals surface area contributed by atoms with Crippen LogP contribution in [0.4, 0.5) is 0 Å². The highest BCUT2D eigenvalue weighted by molar-refractivity contribution is 5.76. The second kappa shape index (κ2) is 7.24. The number of carboxylic acid groups (broad SMARTS) is 1. The van der Waals surface area contributed by atoms with Gasteiger partial charge in [-0.25, -0.2) is 0 Å². The summed E-state index contributed by atoms with van der Waals surface area (Å²) in [5.41, 5.74) is 1.07. The lowest BCUT2D eigenvalue weighted by Crippen LogP contribution is -2.40. The zero-order chi connectivity index (χ0) is 15.2. The quantitative estimate of drug-likeness (QED) is 0.861. The van der Waals surface area contributed by atoms with Crippen molar-refractivity contribution in [3.05, 3.63) is 18.0 Å². The van der Waals surface area contributed by atoms with E-state index in [1.165, 1.54) is 0 Å². The number of aromatic nitrogens is 2. The molecule has 0 spiro atoms. The van der Waals surface area contributed by atoms with E-state index in [2.05, 4.69) is 5.10 Å². The molecule has 0 radical (unpaired) electrons. The van der Waals surface area contributed by atoms with Gasteiger partial charge in [0.15, 0.2) is 0 Å². The zero-order valence-electron chi connectivity index (χ0n) is 12.5. The minimum absolute atomic E-state index is 0.166. The summed E-state index contributed by atoms with van der Waals surface area (Å²) in [7, 11) is 1.86. The maximum absolute atomic E-state index is 12.2. The number of carboxylic acids is 1. The lowest BCUT2D eigenvalue weighted by Gasteiger charge is -2.32. The molecule has 1 aliphatic rings. The van der Waals surface area contributed by atoms with E-state index in [1.54, 1.807) is 10.9 Å². The van der Waals surface area contributed by atoms with Crippen molar-refractivity contribution in [3.63, 3.8) is 0 Å². The number of amides is 1. The molecule has 1 saturated heterocycles. The number of aliphatic carboxylic acids is 1. The molecule has 0 bridgehead atoms. The van der Waals surface area contributed by atoms with Crippen molar-refractivity contribution in [2.75, 3.05) is 13.1 Å². The van der Waals surface area contributed by atoms with Crippen molar-refractivity contribution >= 4 is 11.9 Å². The minimum Gasteiger partial charge on any atom is -0.481 e. The van der Waals surface area contributed by atoms with Crippen molar-refractivity contribution in [1.29, 1.82) is 0 Å². The molecule has 0 aliphatic carbocycles. The van der Waals surface area contributed by atoms with Gasteiger partial charge in [-0.15, -0.1) is 0 Å². The normalized spacial score (nSPS) is 18.7. The monoisotopic (exact) mass is 293 g/mol. The summed E-state index contributed by atoms with van der Waals surface area (Å²) in [4.78, 5) is 24.8. The number of nitrogens with zero attached hydrogens (tertiary/aromatic N) is 3. The second-order valence-corrected chi connectivity index (χ2v) is 5.80. The van der Waals surface area contributed by atoms with Crippen LogP contribution in [0, 0.1) is 5.92 Å². The zero-order valence-corrected chi connectivity index (χ0v) is 12.5. The lowest BCUT2D eigenvalue weighted by molar-refractivity contribution is -0.137. The molecule has 1 unspecified atom stereocenters. The molecule has 1 aromatic heterocycles. The molecule has 0 saturated carbocycles. The topological polar surface area (TPSA) is 75.4 Å². The number of carbonyl (C=O) groups excluding carboxylic acids is 1. The third-order valence-corrected chi connectivity index (χ3v) is 4.02. The molecular formula is C15H23N3O3. The van der Waals surface area contributed by atoms with Crippen molar-refractivity contribution < 1.29 is 14.7 Å². The van der Waals surface area contributed by atoms with Crippen LogP contribution in [0.15, 0.2) is 12.4 Å². The highest BCUT2D eigenvalue weighted by Gasteiger charge is 2.23. The maximum atomic E-state index is 12.2. The SMILES string of the molecule is Cn1cc(CCC(=O)N2CCCC(CCC(=O)O)C2)cn1. The fourth-order valence-electron chi connectivity index (χ4n) is 2.87. The number of aryl methyl sites for hydroxylation is 2. The van der Waals surface area contributed by atoms with Gasteiger partial charge in [-0.05, 0) is 37.2 Å². The van der Waals surface area contributed by atoms with Gasteiger partial charge in [0.1, 0.15) is 0 Å². The molecular weight excluding hydrogens is 270 g/mol. The van der Waals surface area contributed by atoms with Gasteiger partial charge in [0.2, 0.25) is 5.91 Å². The lowest BCUT2D eigenvalue weighted by atomic mass is 9.93. The van der Waals surface area contributed by atoms with Crippen LogP contribution in [0.25, 0.3) is 0 Å². The molecule has 116 valence electrons. The average Bonchev–Trinajstić information content (AvgIpc) is 2.88. The molecule has 1 amide bonds. The Morgan fingerprint density at radius 1 is 1.43 bits per heavy atom. The molecule has 1 aromatic rings. The molecule has 2 rings (SSSR count). The molecule has 1 atom stereocenters. The molecule has 21 heavy (non-hydrogen) atoms. The van der Waals surface area contributed by atoms with E-state index in [4.69, 9.17) is 5.11 Å². The fourth-order valence-corrected chi connectivity index (χ4v) is 2.87. The van der Waals surface area contributed by atoms with Crippen LogP contribution in [0.3, 0.4) is 0 Å². The summed E-state index contributed by atoms with van der Waals surface area (Å²) in [6.07, 6.45) is 7.80. The van der Waals surface area contributed by atoms with Crippen LogP contribution in [-0.2, 0) is 23.1 Å². The van der Waals surface area contributed by atoms with Crippen LogP contribution in [0.2, 0.25) is 0 Å². The number of hydrogen-bond donors (Lipinski definition) is 1. The Kier molecular flexibility index (Phi) is 5.36. The van der Waals surface area contributed by atoms with Crippen LogP contribution in [-0.4, -0.2) is 44.8 Å². The first-order chi connectivity index (χ1) is 10.0. The first-order valence-electron chi connectivity index (χ1n) is 7.51. The predicted molar refractivity (Wildman–Crippen MR) is 77.7 cm³/mol. The van der Waals surface area contributed by atoms with Crippen LogP contribution < -0.4 is 0 Å². The summed E-state index contributed by atoms with van der Waals surface area (Å²) >= 11 is 0. The Balaban J connectivity index is 1.77. The summed E-state index contributed by atoms with van der Waals surface area (Å²) in [6.45, 7) is 1.51. The van der Waals surface area contributed by atoms with Crippen molar-refractivity contribution in [3.8, 4) is 0 Å². The number of piperidine rings is 1. The standard InChI is InChI=1S/C15H23N3O3/c1-17-10-13(9-16-17)4-6-14(19)18-8-2-3-12(11-18)5-7-15(20)21/h9-10,12H,2-8,11H2,1H3,(H,20,21). The molecule has 6 heteroatoms. The van der Waals surface area contributed by atoms with Crippen LogP contribution in [0.1, 0.15) is 37.7 Å². The highest BCUT2D eigenvalue weighted by atomic mass is 16.4. The Bertz CT molecular complexity index is 498. The molecule has 1 N–H and O–H groups in total. The van der Waals surface area contributed by atoms with E-state index in [0.717, 1.165) is 24.9 Å². The Morgan fingerprint density at radius 3 is 2.90 bits per heavy atom. The average molecular weight is 293 g/mol. The van der Waals surface area contributed by atoms with Gasteiger partial charge in [0.05, 0.1) is 6.20 Å². The van der Waals surface area contributed by atoms with Crippen LogP contribution >= 0.6 is 0 Å². The number of likely N-dealkylation sites (tertiary alicyclic amines) is 1. The number of hydrogen-bond acceptors (Lipinski definition) is 3. The summed E-state index contributed by atoms with van der Waals surface area (Å²) in [5.74, 6) is -0.258. The molecule has 6 nitrogen and oxygen atoms in total. The highest BCUT2D eigenvalue weighted by Crippen LogP contribution is 2.21. The third kappa shape index (κ3) is 4.88. The Hall–Kier alpha value is -1.85. The van der Waals surface area contributed by atoms with E-state index in [-0.39, 0.29) is 12.3 Å². The largest absolute Gasteiger partial charge is 0.481 e. The van der Waals surface area contributed by atoms with Crippen LogP contribution in [0.5, 0.6) is 0 Å². The summed E-state index contributed by atoms with van der Waals surface area (Å²) in [6, 6.07) is 0. The molecule has 1 aliphatic heterocycles. The summed E-state index contributed by atoms with van der Waals surface area (Å²) in [5, 5.41) is 12.8. The van der Waals surface area contributed by atoms with Gasteiger partial charge in [0, 0.05) is 39.2 Å². The molecule has 2 heterocycles. The Labute approximate surface area is 124 Å². The second-order valence-electron chi connectivity index (χ2n) is 5.80. The minimum atomic E-state index is -0.755. The van der Waals surface area contributed by atoms with Gasteiger partial charge in [-0.2, -0.15) is 5.10 Å². The van der Waals surface area contributed by atoms with E-state index < -0.39 is 5.97 Å². The number of carbonyl (C=O) groups is 2. The van der Waals surface area contributed by atoms with E-state index >= 15 is 0 Å². The first kappa shape index (κ1) is 15.5. The van der Waals surface area contributed by atoms with E-state index in [9.17, 15) is 9.59 Å². The maximum Gasteiger partial charge on any atom is 0.303 e. The van der Waals surface area contributed by atoms with Crippen molar-refractivity contribution in [2.24, 2.45) is 13.0 Å². The van der Waals surface area contributed by atoms with Crippen molar-refractivity contribution in [1.82, 2.24) is 14.7 Å². The molecule has 1 fully saturated rings. The first-order valence-corrected chi connectivity index (χ1v) is 7.51. The van der Waals surface area contributed by atoms with Crippen molar-refractivity contribution in [2.45, 2.75) is 38.5 Å². The smallest absolute Gasteiger partial charge is 0.303 e. The van der Waals surface area contributed by atoms with Gasteiger partial charge in [-0.1, -0.05) is 0 Å². The molecule has 0 aromatic carbocycles. The predicted octanol–water partition coefficient (Wildman–Crippen LogP) is 1.46.